The molecule has 1 saturated carbocycles. The highest BCUT2D eigenvalue weighted by Crippen LogP contribution is 2.29. The summed E-state index contributed by atoms with van der Waals surface area (Å²) >= 11 is 1.37. The largest absolute Gasteiger partial charge is 0.497 e. The highest BCUT2D eigenvalue weighted by Gasteiger charge is 2.25. The number of aliphatic imine (C=N–C) groups is 1. The maximum atomic E-state index is 12.5. The molecule has 1 heterocycles. The molecule has 1 aliphatic heterocycles. The van der Waals surface area contributed by atoms with E-state index in [1.807, 2.05) is 30.3 Å². The first kappa shape index (κ1) is 20.2. The van der Waals surface area contributed by atoms with E-state index in [1.165, 1.54) is 24.6 Å². The summed E-state index contributed by atoms with van der Waals surface area (Å²) in [6.07, 6.45) is 6.42. The minimum atomic E-state index is -0.207. The van der Waals surface area contributed by atoms with Crippen LogP contribution in [0.2, 0.25) is 0 Å². The summed E-state index contributed by atoms with van der Waals surface area (Å²) in [6, 6.07) is 14.6. The molecule has 154 valence electrons. The van der Waals surface area contributed by atoms with Crippen LogP contribution in [0.4, 0.5) is 5.69 Å². The molecule has 0 aromatic heterocycles. The van der Waals surface area contributed by atoms with Crippen molar-refractivity contribution < 1.29 is 14.3 Å². The minimum absolute atomic E-state index is 0.135. The van der Waals surface area contributed by atoms with Crippen molar-refractivity contribution in [2.75, 3.05) is 12.4 Å². The molecule has 0 bridgehead atoms. The van der Waals surface area contributed by atoms with Crippen molar-refractivity contribution in [3.8, 4) is 5.75 Å². The van der Waals surface area contributed by atoms with E-state index in [2.05, 4.69) is 15.6 Å². The van der Waals surface area contributed by atoms with Crippen molar-refractivity contribution in [3.05, 3.63) is 64.6 Å². The van der Waals surface area contributed by atoms with Gasteiger partial charge in [0.05, 0.1) is 18.1 Å². The smallest absolute Gasteiger partial charge is 0.264 e. The summed E-state index contributed by atoms with van der Waals surface area (Å²) in [5.74, 6) is 0.356. The number of anilines is 1. The van der Waals surface area contributed by atoms with E-state index in [0.29, 0.717) is 33.1 Å². The predicted octanol–water partition coefficient (Wildman–Crippen LogP) is 4.45. The molecule has 2 amide bonds. The lowest BCUT2D eigenvalue weighted by Crippen LogP contribution is -2.21. The predicted molar refractivity (Wildman–Crippen MR) is 121 cm³/mol. The lowest BCUT2D eigenvalue weighted by atomic mass is 10.1. The molecular formula is C23H23N3O3S. The normalized spacial score (nSPS) is 19.3. The van der Waals surface area contributed by atoms with Gasteiger partial charge < -0.3 is 15.4 Å². The third-order valence-corrected chi connectivity index (χ3v) is 5.99. The average molecular weight is 422 g/mol. The number of nitrogens with zero attached hydrogens (tertiary/aromatic N) is 1. The Kier molecular flexibility index (Phi) is 6.18. The molecule has 6 nitrogen and oxygen atoms in total. The van der Waals surface area contributed by atoms with E-state index in [9.17, 15) is 9.59 Å². The maximum Gasteiger partial charge on any atom is 0.264 e. The number of carbonyl (C=O) groups is 2. The van der Waals surface area contributed by atoms with Crippen molar-refractivity contribution in [2.45, 2.75) is 31.7 Å². The molecule has 2 aromatic carbocycles. The minimum Gasteiger partial charge on any atom is -0.497 e. The van der Waals surface area contributed by atoms with Gasteiger partial charge in [0.25, 0.3) is 11.8 Å². The number of amidine groups is 1. The maximum absolute atomic E-state index is 12.5. The fourth-order valence-electron chi connectivity index (χ4n) is 3.49. The van der Waals surface area contributed by atoms with Gasteiger partial charge in [-0.2, -0.15) is 0 Å². The van der Waals surface area contributed by atoms with Gasteiger partial charge in [0.2, 0.25) is 0 Å². The van der Waals surface area contributed by atoms with Crippen LogP contribution in [0.25, 0.3) is 6.08 Å². The molecule has 0 radical (unpaired) electrons. The number of ether oxygens (including phenoxy) is 1. The van der Waals surface area contributed by atoms with Gasteiger partial charge in [0, 0.05) is 11.3 Å². The summed E-state index contributed by atoms with van der Waals surface area (Å²) in [4.78, 5) is 30.0. The molecule has 0 spiro atoms. The lowest BCUT2D eigenvalue weighted by molar-refractivity contribution is -0.115. The van der Waals surface area contributed by atoms with Crippen LogP contribution in [0.5, 0.6) is 5.75 Å². The summed E-state index contributed by atoms with van der Waals surface area (Å²) in [5.41, 5.74) is 2.04. The quantitative estimate of drug-likeness (QED) is 0.699. The van der Waals surface area contributed by atoms with E-state index in [1.54, 1.807) is 31.4 Å². The van der Waals surface area contributed by atoms with Gasteiger partial charge in [-0.3, -0.25) is 14.6 Å². The van der Waals surface area contributed by atoms with Crippen molar-refractivity contribution in [3.63, 3.8) is 0 Å². The Morgan fingerprint density at radius 1 is 1.20 bits per heavy atom. The Bertz CT molecular complexity index is 1010. The van der Waals surface area contributed by atoms with Crippen LogP contribution in [-0.2, 0) is 4.79 Å². The number of amides is 2. The molecule has 4 rings (SSSR count). The van der Waals surface area contributed by atoms with Crippen molar-refractivity contribution in [2.24, 2.45) is 4.99 Å². The van der Waals surface area contributed by atoms with Gasteiger partial charge in [-0.15, -0.1) is 0 Å². The molecule has 2 aromatic rings. The first-order valence-corrected chi connectivity index (χ1v) is 10.8. The summed E-state index contributed by atoms with van der Waals surface area (Å²) in [6.45, 7) is 0. The molecule has 1 aliphatic carbocycles. The second-order valence-corrected chi connectivity index (χ2v) is 8.28. The van der Waals surface area contributed by atoms with Crippen molar-refractivity contribution in [1.82, 2.24) is 5.32 Å². The van der Waals surface area contributed by atoms with Gasteiger partial charge in [-0.1, -0.05) is 25.0 Å². The van der Waals surface area contributed by atoms with Crippen LogP contribution >= 0.6 is 11.8 Å². The third kappa shape index (κ3) is 4.91. The van der Waals surface area contributed by atoms with Crippen LogP contribution in [-0.4, -0.2) is 30.1 Å². The standard InChI is InChI=1S/C23H23N3O3S/c1-29-19-11-9-16(10-12-19)21(27)24-18-8-4-5-15(13-18)14-20-22(28)26-23(30-20)25-17-6-2-3-7-17/h4-5,8-14,17H,2-3,6-7H2,1H3,(H,24,27)(H,25,26,28)/b20-14+. The molecule has 2 aliphatic rings. The van der Waals surface area contributed by atoms with E-state index < -0.39 is 0 Å². The number of hydrogen-bond acceptors (Lipinski definition) is 5. The molecule has 0 unspecified atom stereocenters. The summed E-state index contributed by atoms with van der Waals surface area (Å²) in [7, 11) is 1.58. The molecule has 2 N–H and O–H groups in total. The first-order valence-electron chi connectivity index (χ1n) is 9.95. The van der Waals surface area contributed by atoms with Crippen molar-refractivity contribution >= 4 is 40.5 Å². The molecule has 2 fully saturated rings. The number of rotatable bonds is 5. The summed E-state index contributed by atoms with van der Waals surface area (Å²) in [5, 5.41) is 6.43. The van der Waals surface area contributed by atoms with E-state index in [-0.39, 0.29) is 11.8 Å². The van der Waals surface area contributed by atoms with Gasteiger partial charge in [-0.05, 0) is 72.6 Å². The van der Waals surface area contributed by atoms with Crippen LogP contribution in [0.3, 0.4) is 0 Å². The second kappa shape index (κ2) is 9.17. The Morgan fingerprint density at radius 2 is 1.97 bits per heavy atom. The zero-order chi connectivity index (χ0) is 20.9. The first-order chi connectivity index (χ1) is 14.6. The monoisotopic (exact) mass is 421 g/mol. The van der Waals surface area contributed by atoms with Crippen LogP contribution in [0.15, 0.2) is 58.4 Å². The molecular weight excluding hydrogens is 398 g/mol. The SMILES string of the molecule is COc1ccc(C(=O)Nc2cccc(/C=C3/SC(=NC4CCCC4)NC3=O)c2)cc1. The lowest BCUT2D eigenvalue weighted by Gasteiger charge is -2.07. The molecule has 0 atom stereocenters. The van der Waals surface area contributed by atoms with Crippen LogP contribution in [0, 0.1) is 0 Å². The van der Waals surface area contributed by atoms with Gasteiger partial charge in [0.15, 0.2) is 5.17 Å². The third-order valence-electron chi connectivity index (χ3n) is 5.07. The number of carbonyl (C=O) groups excluding carboxylic acids is 2. The van der Waals surface area contributed by atoms with Gasteiger partial charge in [0.1, 0.15) is 5.75 Å². The number of benzene rings is 2. The van der Waals surface area contributed by atoms with E-state index in [4.69, 9.17) is 4.74 Å². The van der Waals surface area contributed by atoms with Gasteiger partial charge >= 0.3 is 0 Å². The number of thioether (sulfide) groups is 1. The Balaban J connectivity index is 1.45. The van der Waals surface area contributed by atoms with Crippen LogP contribution in [0.1, 0.15) is 41.6 Å². The van der Waals surface area contributed by atoms with Gasteiger partial charge in [-0.25, -0.2) is 0 Å². The molecule has 30 heavy (non-hydrogen) atoms. The highest BCUT2D eigenvalue weighted by molar-refractivity contribution is 8.18. The molecule has 7 heteroatoms. The van der Waals surface area contributed by atoms with Crippen LogP contribution < -0.4 is 15.4 Å². The second-order valence-electron chi connectivity index (χ2n) is 7.25. The Morgan fingerprint density at radius 3 is 2.70 bits per heavy atom. The fourth-order valence-corrected chi connectivity index (χ4v) is 4.38. The molecule has 1 saturated heterocycles. The number of nitrogens with one attached hydrogen (secondary N) is 2. The van der Waals surface area contributed by atoms with E-state index in [0.717, 1.165) is 18.4 Å². The number of methoxy groups -OCH3 is 1. The zero-order valence-electron chi connectivity index (χ0n) is 16.7. The highest BCUT2D eigenvalue weighted by atomic mass is 32.2. The van der Waals surface area contributed by atoms with E-state index >= 15 is 0 Å². The summed E-state index contributed by atoms with van der Waals surface area (Å²) < 4.78 is 5.12. The zero-order valence-corrected chi connectivity index (χ0v) is 17.5. The van der Waals surface area contributed by atoms with Crippen molar-refractivity contribution in [1.29, 1.82) is 0 Å². The fraction of sp³-hybridized carbons (Fsp3) is 0.261. The number of hydrogen-bond donors (Lipinski definition) is 2. The topological polar surface area (TPSA) is 79.8 Å². The average Bonchev–Trinajstić information content (AvgIpc) is 3.38. The Hall–Kier alpha value is -3.06. The Labute approximate surface area is 179 Å².